The number of rotatable bonds is 6. The predicted molar refractivity (Wildman–Crippen MR) is 69.6 cm³/mol. The predicted octanol–water partition coefficient (Wildman–Crippen LogP) is 2.63. The number of aryl methyl sites for hydroxylation is 1. The highest BCUT2D eigenvalue weighted by Gasteiger charge is 2.07. The van der Waals surface area contributed by atoms with E-state index in [2.05, 4.69) is 10.2 Å². The van der Waals surface area contributed by atoms with Crippen LogP contribution in [0.5, 0.6) is 0 Å². The summed E-state index contributed by atoms with van der Waals surface area (Å²) < 4.78 is 1.88. The van der Waals surface area contributed by atoms with Crippen molar-refractivity contribution < 1.29 is 4.79 Å². The van der Waals surface area contributed by atoms with Crippen LogP contribution in [0, 0.1) is 0 Å². The van der Waals surface area contributed by atoms with Crippen LogP contribution < -0.4 is 0 Å². The Balaban J connectivity index is 1.70. The number of thioether (sulfide) groups is 1. The van der Waals surface area contributed by atoms with E-state index in [4.69, 9.17) is 0 Å². The quantitative estimate of drug-likeness (QED) is 0.458. The molecule has 0 bridgehead atoms. The summed E-state index contributed by atoms with van der Waals surface area (Å²) in [5.74, 6) is 1.13. The third-order valence-electron chi connectivity index (χ3n) is 2.25. The van der Waals surface area contributed by atoms with Crippen LogP contribution in [-0.2, 0) is 7.05 Å². The zero-order chi connectivity index (χ0) is 12.1. The maximum atomic E-state index is 11.7. The summed E-state index contributed by atoms with van der Waals surface area (Å²) in [4.78, 5) is 12.6. The van der Waals surface area contributed by atoms with Crippen molar-refractivity contribution >= 4 is 28.9 Å². The first-order valence-electron chi connectivity index (χ1n) is 5.31. The smallest absolute Gasteiger partial charge is 0.190 e. The number of thiophene rings is 1. The van der Waals surface area contributed by atoms with E-state index in [0.29, 0.717) is 6.42 Å². The minimum atomic E-state index is 0.235. The number of carbonyl (C=O) groups excluding carboxylic acids is 1. The van der Waals surface area contributed by atoms with Gasteiger partial charge in [0.2, 0.25) is 0 Å². The normalized spacial score (nSPS) is 10.6. The van der Waals surface area contributed by atoms with E-state index in [-0.39, 0.29) is 5.78 Å². The lowest BCUT2D eigenvalue weighted by atomic mass is 10.2. The molecule has 0 saturated carbocycles. The Bertz CT molecular complexity index is 479. The van der Waals surface area contributed by atoms with Crippen molar-refractivity contribution in [3.8, 4) is 0 Å². The summed E-state index contributed by atoms with van der Waals surface area (Å²) in [6, 6.07) is 3.79. The van der Waals surface area contributed by atoms with Crippen molar-refractivity contribution in [1.82, 2.24) is 14.8 Å². The largest absolute Gasteiger partial charge is 0.312 e. The Hall–Kier alpha value is -1.14. The first-order chi connectivity index (χ1) is 8.27. The summed E-state index contributed by atoms with van der Waals surface area (Å²) >= 11 is 3.14. The molecule has 0 amide bonds. The number of aromatic nitrogens is 3. The fraction of sp³-hybridized carbons (Fsp3) is 0.364. The molecule has 2 rings (SSSR count). The van der Waals surface area contributed by atoms with Crippen molar-refractivity contribution in [1.29, 1.82) is 0 Å². The second kappa shape index (κ2) is 5.97. The van der Waals surface area contributed by atoms with E-state index >= 15 is 0 Å². The van der Waals surface area contributed by atoms with Gasteiger partial charge in [-0.3, -0.25) is 4.79 Å². The van der Waals surface area contributed by atoms with Gasteiger partial charge in [0.25, 0.3) is 0 Å². The maximum absolute atomic E-state index is 11.7. The molecule has 0 spiro atoms. The van der Waals surface area contributed by atoms with Gasteiger partial charge in [0, 0.05) is 19.2 Å². The van der Waals surface area contributed by atoms with Crippen molar-refractivity contribution in [2.45, 2.75) is 18.0 Å². The van der Waals surface area contributed by atoms with E-state index in [1.807, 2.05) is 29.1 Å². The zero-order valence-corrected chi connectivity index (χ0v) is 11.1. The van der Waals surface area contributed by atoms with Crippen LogP contribution in [0.2, 0.25) is 0 Å². The topological polar surface area (TPSA) is 47.8 Å². The average molecular weight is 267 g/mol. The number of Topliss-reactive ketones (excluding diaryl/α,β-unsaturated/α-hetero) is 1. The fourth-order valence-corrected chi connectivity index (χ4v) is 2.88. The lowest BCUT2D eigenvalue weighted by Gasteiger charge is -1.99. The summed E-state index contributed by atoms with van der Waals surface area (Å²) in [7, 11) is 1.92. The highest BCUT2D eigenvalue weighted by Crippen LogP contribution is 2.17. The van der Waals surface area contributed by atoms with Crippen molar-refractivity contribution in [2.75, 3.05) is 5.75 Å². The molecule has 0 fully saturated rings. The molecule has 0 N–H and O–H groups in total. The van der Waals surface area contributed by atoms with Gasteiger partial charge < -0.3 is 4.57 Å². The molecule has 2 aromatic heterocycles. The van der Waals surface area contributed by atoms with Gasteiger partial charge in [-0.15, -0.1) is 21.5 Å². The minimum Gasteiger partial charge on any atom is -0.312 e. The molecule has 0 aliphatic heterocycles. The second-order valence-corrected chi connectivity index (χ2v) is 5.59. The summed E-state index contributed by atoms with van der Waals surface area (Å²) in [5, 5.41) is 10.6. The molecular formula is C11H13N3OS2. The van der Waals surface area contributed by atoms with Crippen molar-refractivity contribution in [3.05, 3.63) is 28.7 Å². The molecule has 0 aromatic carbocycles. The van der Waals surface area contributed by atoms with Crippen LogP contribution in [0.15, 0.2) is 29.0 Å². The summed E-state index contributed by atoms with van der Waals surface area (Å²) in [6.45, 7) is 0. The van der Waals surface area contributed by atoms with E-state index in [0.717, 1.165) is 22.2 Å². The fourth-order valence-electron chi connectivity index (χ4n) is 1.36. The van der Waals surface area contributed by atoms with Gasteiger partial charge in [0.05, 0.1) is 4.88 Å². The van der Waals surface area contributed by atoms with Gasteiger partial charge in [-0.25, -0.2) is 0 Å². The second-order valence-electron chi connectivity index (χ2n) is 3.58. The van der Waals surface area contributed by atoms with Crippen LogP contribution in [0.4, 0.5) is 0 Å². The third kappa shape index (κ3) is 3.41. The Morgan fingerprint density at radius 3 is 3.12 bits per heavy atom. The molecule has 0 unspecified atom stereocenters. The summed E-state index contributed by atoms with van der Waals surface area (Å²) in [5.41, 5.74) is 0. The Kier molecular flexibility index (Phi) is 4.33. The molecule has 6 heteroatoms. The molecule has 0 radical (unpaired) electrons. The number of hydrogen-bond acceptors (Lipinski definition) is 5. The molecule has 17 heavy (non-hydrogen) atoms. The SMILES string of the molecule is Cn1cnnc1SCCCC(=O)c1cccs1. The van der Waals surface area contributed by atoms with Crippen molar-refractivity contribution in [2.24, 2.45) is 7.05 Å². The van der Waals surface area contributed by atoms with Crippen LogP contribution >= 0.6 is 23.1 Å². The number of ketones is 1. The molecule has 0 saturated heterocycles. The minimum absolute atomic E-state index is 0.235. The molecule has 0 atom stereocenters. The van der Waals surface area contributed by atoms with Crippen molar-refractivity contribution in [3.63, 3.8) is 0 Å². The van der Waals surface area contributed by atoms with Crippen LogP contribution in [0.3, 0.4) is 0 Å². The molecule has 90 valence electrons. The lowest BCUT2D eigenvalue weighted by molar-refractivity contribution is 0.0986. The van der Waals surface area contributed by atoms with E-state index < -0.39 is 0 Å². The van der Waals surface area contributed by atoms with Crippen LogP contribution in [-0.4, -0.2) is 26.3 Å². The van der Waals surface area contributed by atoms with Gasteiger partial charge in [0.15, 0.2) is 10.9 Å². The zero-order valence-electron chi connectivity index (χ0n) is 9.50. The molecule has 2 aromatic rings. The molecule has 4 nitrogen and oxygen atoms in total. The Morgan fingerprint density at radius 2 is 2.47 bits per heavy atom. The Labute approximate surface area is 108 Å². The monoisotopic (exact) mass is 267 g/mol. The first kappa shape index (κ1) is 12.3. The molecule has 0 aliphatic rings. The van der Waals surface area contributed by atoms with E-state index in [9.17, 15) is 4.79 Å². The lowest BCUT2D eigenvalue weighted by Crippen LogP contribution is -1.97. The standard InChI is InChI=1S/C11H13N3OS2/c1-14-8-12-13-11(14)17-7-2-4-9(15)10-5-3-6-16-10/h3,5-6,8H,2,4,7H2,1H3. The van der Waals surface area contributed by atoms with Gasteiger partial charge in [0.1, 0.15) is 6.33 Å². The highest BCUT2D eigenvalue weighted by atomic mass is 32.2. The van der Waals surface area contributed by atoms with E-state index in [1.165, 1.54) is 11.3 Å². The van der Waals surface area contributed by atoms with Gasteiger partial charge in [-0.2, -0.15) is 0 Å². The maximum Gasteiger partial charge on any atom is 0.190 e. The van der Waals surface area contributed by atoms with Gasteiger partial charge in [-0.05, 0) is 17.9 Å². The molecule has 0 aliphatic carbocycles. The number of nitrogens with zero attached hydrogens (tertiary/aromatic N) is 3. The van der Waals surface area contributed by atoms with Gasteiger partial charge >= 0.3 is 0 Å². The Morgan fingerprint density at radius 1 is 1.59 bits per heavy atom. The molecular weight excluding hydrogens is 254 g/mol. The van der Waals surface area contributed by atoms with E-state index in [1.54, 1.807) is 18.1 Å². The van der Waals surface area contributed by atoms with Crippen LogP contribution in [0.25, 0.3) is 0 Å². The van der Waals surface area contributed by atoms with Crippen LogP contribution in [0.1, 0.15) is 22.5 Å². The average Bonchev–Trinajstić information content (AvgIpc) is 2.96. The summed E-state index contributed by atoms with van der Waals surface area (Å²) in [6.07, 6.45) is 3.15. The third-order valence-corrected chi connectivity index (χ3v) is 4.28. The van der Waals surface area contributed by atoms with Gasteiger partial charge in [-0.1, -0.05) is 17.8 Å². The molecule has 2 heterocycles. The first-order valence-corrected chi connectivity index (χ1v) is 7.17. The highest BCUT2D eigenvalue weighted by molar-refractivity contribution is 7.99. The number of hydrogen-bond donors (Lipinski definition) is 0. The number of carbonyl (C=O) groups is 1.